The van der Waals surface area contributed by atoms with Gasteiger partial charge in [0.25, 0.3) is 5.89 Å². The Morgan fingerprint density at radius 2 is 1.90 bits per heavy atom. The minimum atomic E-state index is 0.222. The average Bonchev–Trinajstić information content (AvgIpc) is 3.42. The van der Waals surface area contributed by atoms with Gasteiger partial charge >= 0.3 is 6.01 Å². The summed E-state index contributed by atoms with van der Waals surface area (Å²) in [5, 5.41) is 14.6. The normalized spacial score (nSPS) is 12.0. The van der Waals surface area contributed by atoms with Gasteiger partial charge in [-0.1, -0.05) is 11.2 Å². The number of aromatic nitrogens is 4. The van der Waals surface area contributed by atoms with E-state index in [0.29, 0.717) is 35.3 Å². The number of nitrogens with one attached hydrogen (secondary N) is 2. The fourth-order valence-corrected chi connectivity index (χ4v) is 2.89. The summed E-state index contributed by atoms with van der Waals surface area (Å²) in [4.78, 5) is 8.51. The lowest BCUT2D eigenvalue weighted by Crippen LogP contribution is -2.03. The van der Waals surface area contributed by atoms with Gasteiger partial charge in [-0.2, -0.15) is 0 Å². The highest BCUT2D eigenvalue weighted by Crippen LogP contribution is 2.35. The van der Waals surface area contributed by atoms with Crippen LogP contribution in [0.3, 0.4) is 0 Å². The van der Waals surface area contributed by atoms with E-state index < -0.39 is 0 Å². The van der Waals surface area contributed by atoms with Gasteiger partial charge in [0.1, 0.15) is 5.82 Å². The van der Waals surface area contributed by atoms with Crippen molar-refractivity contribution in [1.82, 2.24) is 20.2 Å². The van der Waals surface area contributed by atoms with Crippen LogP contribution in [0.25, 0.3) is 11.5 Å². The van der Waals surface area contributed by atoms with Gasteiger partial charge in [-0.25, -0.2) is 4.98 Å². The Bertz CT molecular complexity index is 1130. The molecule has 0 fully saturated rings. The predicted molar refractivity (Wildman–Crippen MR) is 105 cm³/mol. The minimum Gasteiger partial charge on any atom is -0.454 e. The van der Waals surface area contributed by atoms with Crippen LogP contribution < -0.4 is 20.1 Å². The second-order valence-corrected chi connectivity index (χ2v) is 6.22. The molecular weight excluding hydrogens is 372 g/mol. The van der Waals surface area contributed by atoms with Crippen molar-refractivity contribution in [3.05, 3.63) is 66.6 Å². The van der Waals surface area contributed by atoms with Crippen molar-refractivity contribution in [3.63, 3.8) is 0 Å². The lowest BCUT2D eigenvalue weighted by molar-refractivity contribution is 0.174. The number of hydrogen-bond acceptors (Lipinski definition) is 9. The van der Waals surface area contributed by atoms with Crippen LogP contribution in [0.5, 0.6) is 11.5 Å². The molecule has 0 unspecified atom stereocenters. The molecule has 0 aliphatic carbocycles. The summed E-state index contributed by atoms with van der Waals surface area (Å²) in [5.74, 6) is 2.38. The van der Waals surface area contributed by atoms with Crippen molar-refractivity contribution >= 4 is 17.5 Å². The highest BCUT2D eigenvalue weighted by Gasteiger charge is 2.16. The van der Waals surface area contributed by atoms with E-state index in [2.05, 4.69) is 30.8 Å². The highest BCUT2D eigenvalue weighted by atomic mass is 16.7. The Balaban J connectivity index is 1.34. The van der Waals surface area contributed by atoms with Crippen molar-refractivity contribution in [2.24, 2.45) is 0 Å². The second-order valence-electron chi connectivity index (χ2n) is 6.22. The zero-order valence-electron chi connectivity index (χ0n) is 15.2. The maximum atomic E-state index is 5.79. The van der Waals surface area contributed by atoms with Crippen molar-refractivity contribution in [3.8, 4) is 23.0 Å². The van der Waals surface area contributed by atoms with Crippen LogP contribution in [0.15, 0.2) is 65.5 Å². The molecule has 4 aromatic rings. The Morgan fingerprint density at radius 3 is 2.83 bits per heavy atom. The lowest BCUT2D eigenvalue weighted by atomic mass is 10.2. The van der Waals surface area contributed by atoms with Crippen molar-refractivity contribution in [2.45, 2.75) is 6.54 Å². The summed E-state index contributed by atoms with van der Waals surface area (Å²) in [6, 6.07) is 13.3. The maximum Gasteiger partial charge on any atom is 0.320 e. The molecule has 0 bridgehead atoms. The predicted octanol–water partition coefficient (Wildman–Crippen LogP) is 3.61. The standard InChI is InChI=1S/C20H16N6O3/c1-3-13(10-21-7-1)11-23-18-15(4-2-8-22-18)19-25-26-20(29-19)24-14-5-6-16-17(9-14)28-12-27-16/h1-10H,11-12H2,(H,22,23)(H,24,26). The molecule has 5 rings (SSSR count). The largest absolute Gasteiger partial charge is 0.454 e. The Kier molecular flexibility index (Phi) is 4.38. The topological polar surface area (TPSA) is 107 Å². The summed E-state index contributed by atoms with van der Waals surface area (Å²) in [7, 11) is 0. The van der Waals surface area contributed by atoms with Crippen LogP contribution in [0.4, 0.5) is 17.5 Å². The molecule has 1 aliphatic rings. The van der Waals surface area contributed by atoms with E-state index in [9.17, 15) is 0 Å². The second kappa shape index (κ2) is 7.47. The molecule has 4 heterocycles. The van der Waals surface area contributed by atoms with Crippen molar-refractivity contribution in [2.75, 3.05) is 17.4 Å². The van der Waals surface area contributed by atoms with Gasteiger partial charge in [-0.05, 0) is 35.9 Å². The third-order valence-electron chi connectivity index (χ3n) is 4.27. The average molecular weight is 388 g/mol. The third kappa shape index (κ3) is 3.65. The molecule has 0 radical (unpaired) electrons. The molecule has 9 nitrogen and oxygen atoms in total. The fraction of sp³-hybridized carbons (Fsp3) is 0.100. The number of ether oxygens (including phenoxy) is 2. The number of benzene rings is 1. The first-order valence-corrected chi connectivity index (χ1v) is 8.93. The van der Waals surface area contributed by atoms with E-state index >= 15 is 0 Å². The smallest absolute Gasteiger partial charge is 0.320 e. The lowest BCUT2D eigenvalue weighted by Gasteiger charge is -2.08. The first kappa shape index (κ1) is 17.0. The monoisotopic (exact) mass is 388 g/mol. The van der Waals surface area contributed by atoms with Crippen LogP contribution in [-0.4, -0.2) is 27.0 Å². The van der Waals surface area contributed by atoms with Crippen LogP contribution in [0.2, 0.25) is 0 Å². The van der Waals surface area contributed by atoms with E-state index in [-0.39, 0.29) is 12.8 Å². The molecule has 0 saturated heterocycles. The number of rotatable bonds is 6. The van der Waals surface area contributed by atoms with Crippen LogP contribution in [0, 0.1) is 0 Å². The van der Waals surface area contributed by atoms with Gasteiger partial charge in [0.2, 0.25) is 6.79 Å². The number of pyridine rings is 2. The van der Waals surface area contributed by atoms with Crippen LogP contribution in [-0.2, 0) is 6.54 Å². The fourth-order valence-electron chi connectivity index (χ4n) is 2.89. The molecule has 2 N–H and O–H groups in total. The van der Waals surface area contributed by atoms with E-state index in [1.807, 2.05) is 42.5 Å². The first-order valence-electron chi connectivity index (χ1n) is 8.93. The van der Waals surface area contributed by atoms with Gasteiger partial charge in [0.05, 0.1) is 5.56 Å². The van der Waals surface area contributed by atoms with Gasteiger partial charge in [-0.15, -0.1) is 5.10 Å². The summed E-state index contributed by atoms with van der Waals surface area (Å²) in [5.41, 5.74) is 2.51. The van der Waals surface area contributed by atoms with Gasteiger partial charge in [-0.3, -0.25) is 4.98 Å². The summed E-state index contributed by atoms with van der Waals surface area (Å²) < 4.78 is 16.5. The Morgan fingerprint density at radius 1 is 0.966 bits per heavy atom. The van der Waals surface area contributed by atoms with E-state index in [1.165, 1.54) is 0 Å². The van der Waals surface area contributed by atoms with Gasteiger partial charge < -0.3 is 24.5 Å². The first-order chi connectivity index (χ1) is 14.3. The zero-order valence-corrected chi connectivity index (χ0v) is 15.2. The molecule has 0 spiro atoms. The van der Waals surface area contributed by atoms with Crippen molar-refractivity contribution < 1.29 is 13.9 Å². The van der Waals surface area contributed by atoms with Gasteiger partial charge in [0, 0.05) is 36.9 Å². The van der Waals surface area contributed by atoms with E-state index in [0.717, 1.165) is 11.3 Å². The maximum absolute atomic E-state index is 5.79. The molecule has 3 aromatic heterocycles. The Hall–Kier alpha value is -4.14. The molecule has 1 aliphatic heterocycles. The summed E-state index contributed by atoms with van der Waals surface area (Å²) >= 11 is 0. The quantitative estimate of drug-likeness (QED) is 0.512. The summed E-state index contributed by atoms with van der Waals surface area (Å²) in [6.07, 6.45) is 5.25. The Labute approximate surface area is 165 Å². The SMILES string of the molecule is c1cncc(CNc2ncccc2-c2nnc(Nc3ccc4c(c3)OCO4)o2)c1. The van der Waals surface area contributed by atoms with Crippen molar-refractivity contribution in [1.29, 1.82) is 0 Å². The van der Waals surface area contributed by atoms with E-state index in [1.54, 1.807) is 18.6 Å². The van der Waals surface area contributed by atoms with Gasteiger partial charge in [0.15, 0.2) is 11.5 Å². The minimum absolute atomic E-state index is 0.222. The molecule has 0 atom stereocenters. The molecule has 0 amide bonds. The molecular formula is C20H16N6O3. The number of fused-ring (bicyclic) bond motifs is 1. The van der Waals surface area contributed by atoms with E-state index in [4.69, 9.17) is 13.9 Å². The number of hydrogen-bond donors (Lipinski definition) is 2. The third-order valence-corrected chi connectivity index (χ3v) is 4.27. The van der Waals surface area contributed by atoms with Crippen LogP contribution >= 0.6 is 0 Å². The van der Waals surface area contributed by atoms with Crippen LogP contribution in [0.1, 0.15) is 5.56 Å². The number of anilines is 3. The molecule has 1 aromatic carbocycles. The molecule has 144 valence electrons. The highest BCUT2D eigenvalue weighted by molar-refractivity contribution is 5.69. The summed E-state index contributed by atoms with van der Waals surface area (Å²) in [6.45, 7) is 0.799. The zero-order chi connectivity index (χ0) is 19.5. The molecule has 29 heavy (non-hydrogen) atoms. The molecule has 0 saturated carbocycles. The number of nitrogens with zero attached hydrogens (tertiary/aromatic N) is 4. The molecule has 9 heteroatoms.